The van der Waals surface area contributed by atoms with E-state index in [1.54, 1.807) is 12.1 Å². The van der Waals surface area contributed by atoms with E-state index in [1.807, 2.05) is 0 Å². The third-order valence-electron chi connectivity index (χ3n) is 1.27. The summed E-state index contributed by atoms with van der Waals surface area (Å²) in [4.78, 5) is 0. The van der Waals surface area contributed by atoms with Crippen LogP contribution in [0, 0.1) is 0 Å². The highest BCUT2D eigenvalue weighted by atomic mass is 32.1. The Morgan fingerprint density at radius 3 is 2.83 bits per heavy atom. The lowest BCUT2D eigenvalue weighted by Crippen LogP contribution is -1.91. The molecule has 0 aliphatic rings. The molecule has 0 atom stereocenters. The topological polar surface area (TPSA) is 52.5 Å². The molecule has 0 bridgehead atoms. The quantitative estimate of drug-likeness (QED) is 0.367. The minimum Gasteiger partial charge on any atom is -0.504 e. The molecule has 0 amide bonds. The van der Waals surface area contributed by atoms with Gasteiger partial charge in [-0.1, -0.05) is 6.07 Å². The van der Waals surface area contributed by atoms with E-state index in [-0.39, 0.29) is 11.5 Å². The normalized spacial score (nSPS) is 9.00. The lowest BCUT2D eigenvalue weighted by Gasteiger charge is -2.03. The summed E-state index contributed by atoms with van der Waals surface area (Å²) >= 11 is 0. The maximum absolute atomic E-state index is 9.24. The lowest BCUT2D eigenvalue weighted by atomic mass is 10.3. The molecule has 0 fully saturated rings. The number of aromatic hydroxyl groups is 2. The summed E-state index contributed by atoms with van der Waals surface area (Å²) in [6.45, 7) is 0. The van der Waals surface area contributed by atoms with Gasteiger partial charge in [0.2, 0.25) is 0 Å². The average molecular weight is 182 g/mol. The Hall–Kier alpha value is -1.42. The van der Waals surface area contributed by atoms with Gasteiger partial charge in [0.15, 0.2) is 11.5 Å². The van der Waals surface area contributed by atoms with Gasteiger partial charge in [0, 0.05) is 0 Å². The van der Waals surface area contributed by atoms with Crippen molar-refractivity contribution in [3.8, 4) is 11.5 Å². The van der Waals surface area contributed by atoms with Gasteiger partial charge >= 0.3 is 0 Å². The van der Waals surface area contributed by atoms with E-state index < -0.39 is 0 Å². The zero-order chi connectivity index (χ0) is 8.97. The summed E-state index contributed by atoms with van der Waals surface area (Å²) in [6, 6.07) is 4.64. The SMILES string of the molecule is C=S=[C]Nc1cccc(O)c1O. The summed E-state index contributed by atoms with van der Waals surface area (Å²) in [5.41, 5.74) is 3.03. The summed E-state index contributed by atoms with van der Waals surface area (Å²) < 4.78 is 0. The number of hydrogen-bond acceptors (Lipinski definition) is 2. The van der Waals surface area contributed by atoms with Crippen LogP contribution in [0.25, 0.3) is 0 Å². The molecule has 4 heteroatoms. The van der Waals surface area contributed by atoms with Crippen molar-refractivity contribution in [2.75, 3.05) is 5.32 Å². The Morgan fingerprint density at radius 2 is 2.17 bits per heavy atom. The summed E-state index contributed by atoms with van der Waals surface area (Å²) in [6.07, 6.45) is 0. The maximum atomic E-state index is 9.24. The van der Waals surface area contributed by atoms with E-state index in [0.29, 0.717) is 5.69 Å². The van der Waals surface area contributed by atoms with E-state index >= 15 is 0 Å². The van der Waals surface area contributed by atoms with Crippen molar-refractivity contribution in [1.29, 1.82) is 0 Å². The first-order chi connectivity index (χ1) is 5.75. The molecule has 0 spiro atoms. The monoisotopic (exact) mass is 182 g/mol. The van der Waals surface area contributed by atoms with Gasteiger partial charge in [-0.3, -0.25) is 0 Å². The predicted octanol–water partition coefficient (Wildman–Crippen LogP) is 1.31. The molecule has 0 aliphatic heterocycles. The molecule has 0 aromatic heterocycles. The van der Waals surface area contributed by atoms with Gasteiger partial charge < -0.3 is 15.5 Å². The van der Waals surface area contributed by atoms with Gasteiger partial charge in [-0.15, -0.1) is 10.9 Å². The molecule has 3 nitrogen and oxygen atoms in total. The van der Waals surface area contributed by atoms with E-state index in [1.165, 1.54) is 6.07 Å². The largest absolute Gasteiger partial charge is 0.504 e. The highest BCUT2D eigenvalue weighted by Gasteiger charge is 2.02. The molecule has 3 N–H and O–H groups in total. The highest BCUT2D eigenvalue weighted by molar-refractivity contribution is 7.95. The molecule has 1 rings (SSSR count). The number of anilines is 1. The fourth-order valence-corrected chi connectivity index (χ4v) is 0.905. The van der Waals surface area contributed by atoms with Gasteiger partial charge in [0.05, 0.1) is 5.69 Å². The van der Waals surface area contributed by atoms with Crippen molar-refractivity contribution in [3.05, 3.63) is 18.2 Å². The van der Waals surface area contributed by atoms with Gasteiger partial charge in [-0.05, 0) is 18.0 Å². The van der Waals surface area contributed by atoms with Crippen LogP contribution in [-0.2, 0) is 0 Å². The number of rotatable bonds is 2. The number of para-hydroxylation sites is 1. The van der Waals surface area contributed by atoms with Crippen LogP contribution in [0.3, 0.4) is 0 Å². The van der Waals surface area contributed by atoms with Gasteiger partial charge in [0.1, 0.15) is 5.49 Å². The second-order valence-electron chi connectivity index (χ2n) is 2.04. The van der Waals surface area contributed by atoms with Crippen LogP contribution in [0.4, 0.5) is 5.69 Å². The minimum absolute atomic E-state index is 0.157. The third kappa shape index (κ3) is 1.79. The standard InChI is InChI=1S/C8H8NO2S/c1-12-5-9-6-3-2-4-7(10)8(6)11/h2-4,9-11H,1H2. The molecule has 0 unspecified atom stereocenters. The van der Waals surface area contributed by atoms with Crippen LogP contribution < -0.4 is 5.32 Å². The molecule has 0 heterocycles. The van der Waals surface area contributed by atoms with Crippen LogP contribution in [0.2, 0.25) is 0 Å². The third-order valence-corrected chi connectivity index (χ3v) is 1.52. The highest BCUT2D eigenvalue weighted by Crippen LogP contribution is 2.31. The van der Waals surface area contributed by atoms with Crippen LogP contribution in [-0.4, -0.2) is 21.6 Å². The summed E-state index contributed by atoms with van der Waals surface area (Å²) in [5, 5.41) is 20.9. The first-order valence-electron chi connectivity index (χ1n) is 3.18. The zero-order valence-electron chi connectivity index (χ0n) is 6.24. The summed E-state index contributed by atoms with van der Waals surface area (Å²) in [7, 11) is 1.11. The smallest absolute Gasteiger partial charge is 0.181 e. The molecule has 0 saturated heterocycles. The number of phenols is 2. The Kier molecular flexibility index (Phi) is 2.76. The molecular formula is C8H8NO2S. The Bertz CT molecular complexity index is 332. The van der Waals surface area contributed by atoms with Crippen molar-refractivity contribution in [2.24, 2.45) is 0 Å². The van der Waals surface area contributed by atoms with Crippen molar-refractivity contribution < 1.29 is 10.2 Å². The van der Waals surface area contributed by atoms with Gasteiger partial charge in [0.25, 0.3) is 0 Å². The van der Waals surface area contributed by atoms with Crippen LogP contribution in [0.5, 0.6) is 11.5 Å². The number of nitrogens with one attached hydrogen (secondary N) is 1. The zero-order valence-corrected chi connectivity index (χ0v) is 7.06. The van der Waals surface area contributed by atoms with Crippen molar-refractivity contribution in [2.45, 2.75) is 0 Å². The van der Waals surface area contributed by atoms with Crippen LogP contribution in [0.1, 0.15) is 0 Å². The minimum atomic E-state index is -0.181. The molecule has 12 heavy (non-hydrogen) atoms. The van der Waals surface area contributed by atoms with Crippen molar-refractivity contribution in [3.63, 3.8) is 0 Å². The first kappa shape index (κ1) is 8.67. The molecule has 1 aromatic carbocycles. The fraction of sp³-hybridized carbons (Fsp3) is 0. The number of benzene rings is 1. The molecule has 1 aromatic rings. The van der Waals surface area contributed by atoms with Crippen LogP contribution >= 0.6 is 10.9 Å². The van der Waals surface area contributed by atoms with E-state index in [0.717, 1.165) is 10.9 Å². The Balaban J connectivity index is 2.99. The van der Waals surface area contributed by atoms with Crippen molar-refractivity contribution >= 4 is 28.0 Å². The maximum Gasteiger partial charge on any atom is 0.181 e. The lowest BCUT2D eigenvalue weighted by molar-refractivity contribution is 0.405. The molecule has 0 aliphatic carbocycles. The van der Waals surface area contributed by atoms with Gasteiger partial charge in [-0.2, -0.15) is 0 Å². The predicted molar refractivity (Wildman–Crippen MR) is 53.1 cm³/mol. The Morgan fingerprint density at radius 1 is 1.42 bits per heavy atom. The second kappa shape index (κ2) is 3.82. The first-order valence-corrected chi connectivity index (χ1v) is 4.17. The van der Waals surface area contributed by atoms with Gasteiger partial charge in [-0.25, -0.2) is 0 Å². The fourth-order valence-electron chi connectivity index (χ4n) is 0.723. The molecular weight excluding hydrogens is 174 g/mol. The van der Waals surface area contributed by atoms with E-state index in [9.17, 15) is 5.11 Å². The summed E-state index contributed by atoms with van der Waals surface area (Å²) in [5.74, 6) is 3.11. The second-order valence-corrected chi connectivity index (χ2v) is 2.54. The molecule has 1 radical (unpaired) electrons. The van der Waals surface area contributed by atoms with Crippen molar-refractivity contribution in [1.82, 2.24) is 0 Å². The Labute approximate surface area is 73.8 Å². The van der Waals surface area contributed by atoms with Crippen LogP contribution in [0.15, 0.2) is 18.2 Å². The number of hydrogen-bond donors (Lipinski definition) is 3. The van der Waals surface area contributed by atoms with E-state index in [4.69, 9.17) is 5.11 Å². The molecule has 63 valence electrons. The molecule has 0 saturated carbocycles. The van der Waals surface area contributed by atoms with E-state index in [2.05, 4.69) is 16.7 Å². The number of phenolic OH excluding ortho intramolecular Hbond substituents is 2. The average Bonchev–Trinajstić information content (AvgIpc) is 2.08.